The van der Waals surface area contributed by atoms with Crippen molar-refractivity contribution in [2.75, 3.05) is 23.3 Å². The second kappa shape index (κ2) is 7.09. The summed E-state index contributed by atoms with van der Waals surface area (Å²) in [5.41, 5.74) is 2.40. The summed E-state index contributed by atoms with van der Waals surface area (Å²) in [6, 6.07) is 10.9. The first-order valence-electron chi connectivity index (χ1n) is 7.70. The number of β-amino-alcohol motifs (C(OH)–C–C–N with tert-alkyl or cyclic N) is 1. The third kappa shape index (κ3) is 3.73. The van der Waals surface area contributed by atoms with Crippen LogP contribution in [0.3, 0.4) is 0 Å². The zero-order chi connectivity index (χ0) is 18.0. The first kappa shape index (κ1) is 17.2. The molecule has 0 spiro atoms. The molecule has 2 aromatic rings. The number of aliphatic hydroxyl groups excluding tert-OH is 1. The molecule has 5 nitrogen and oxygen atoms in total. The Kier molecular flexibility index (Phi) is 4.88. The molecular formula is C18H15ClFN3O2. The van der Waals surface area contributed by atoms with E-state index in [0.29, 0.717) is 24.2 Å². The van der Waals surface area contributed by atoms with E-state index in [9.17, 15) is 14.3 Å². The van der Waals surface area contributed by atoms with E-state index in [-0.39, 0.29) is 17.4 Å². The van der Waals surface area contributed by atoms with E-state index in [1.165, 1.54) is 24.3 Å². The first-order valence-corrected chi connectivity index (χ1v) is 8.07. The van der Waals surface area contributed by atoms with Crippen LogP contribution in [0.5, 0.6) is 0 Å². The van der Waals surface area contributed by atoms with E-state index in [1.807, 2.05) is 11.0 Å². The van der Waals surface area contributed by atoms with Crippen LogP contribution in [0.25, 0.3) is 0 Å². The Morgan fingerprint density at radius 3 is 2.92 bits per heavy atom. The zero-order valence-corrected chi connectivity index (χ0v) is 13.9. The highest BCUT2D eigenvalue weighted by atomic mass is 35.5. The fraction of sp³-hybridized carbons (Fsp3) is 0.222. The number of aliphatic hydroxyl groups is 1. The molecule has 0 radical (unpaired) electrons. The SMILES string of the molecule is N#Cc1ccc(NC(=O)[C@@H](O)CN2CCc3cc(F)ccc32)cc1Cl. The van der Waals surface area contributed by atoms with E-state index >= 15 is 0 Å². The molecule has 3 rings (SSSR count). The van der Waals surface area contributed by atoms with Crippen LogP contribution in [0.4, 0.5) is 15.8 Å². The Labute approximate surface area is 149 Å². The molecule has 0 unspecified atom stereocenters. The maximum Gasteiger partial charge on any atom is 0.255 e. The normalized spacial score (nSPS) is 13.9. The summed E-state index contributed by atoms with van der Waals surface area (Å²) in [7, 11) is 0. The van der Waals surface area contributed by atoms with Gasteiger partial charge in [-0.15, -0.1) is 0 Å². The van der Waals surface area contributed by atoms with Crippen LogP contribution < -0.4 is 10.2 Å². The Hall–Kier alpha value is -2.62. The van der Waals surface area contributed by atoms with Gasteiger partial charge in [-0.25, -0.2) is 4.39 Å². The monoisotopic (exact) mass is 359 g/mol. The van der Waals surface area contributed by atoms with Gasteiger partial charge in [-0.2, -0.15) is 5.26 Å². The number of amides is 1. The standard InChI is InChI=1S/C18H15ClFN3O2/c19-15-8-14(3-1-12(15)9-21)22-18(25)17(24)10-23-6-5-11-7-13(20)2-4-16(11)23/h1-4,7-8,17,24H,5-6,10H2,(H,22,25)/t17-/m0/s1. The zero-order valence-electron chi connectivity index (χ0n) is 13.2. The van der Waals surface area contributed by atoms with Gasteiger partial charge in [0.15, 0.2) is 6.10 Å². The lowest BCUT2D eigenvalue weighted by atomic mass is 10.1. The minimum Gasteiger partial charge on any atom is -0.381 e. The number of benzene rings is 2. The Morgan fingerprint density at radius 2 is 2.20 bits per heavy atom. The van der Waals surface area contributed by atoms with E-state index < -0.39 is 12.0 Å². The second-order valence-corrected chi connectivity index (χ2v) is 6.19. The summed E-state index contributed by atoms with van der Waals surface area (Å²) in [6.45, 7) is 0.723. The van der Waals surface area contributed by atoms with Crippen molar-refractivity contribution in [3.63, 3.8) is 0 Å². The predicted molar refractivity (Wildman–Crippen MR) is 93.1 cm³/mol. The molecule has 0 saturated heterocycles. The number of nitrogens with zero attached hydrogens (tertiary/aromatic N) is 2. The van der Waals surface area contributed by atoms with Crippen molar-refractivity contribution in [2.45, 2.75) is 12.5 Å². The number of hydrogen-bond acceptors (Lipinski definition) is 4. The number of hydrogen-bond donors (Lipinski definition) is 2. The van der Waals surface area contributed by atoms with Crippen LogP contribution in [0, 0.1) is 17.1 Å². The summed E-state index contributed by atoms with van der Waals surface area (Å²) >= 11 is 5.92. The molecule has 1 amide bonds. The fourth-order valence-corrected chi connectivity index (χ4v) is 3.05. The largest absolute Gasteiger partial charge is 0.381 e. The molecule has 0 aliphatic carbocycles. The van der Waals surface area contributed by atoms with E-state index in [4.69, 9.17) is 16.9 Å². The highest BCUT2D eigenvalue weighted by molar-refractivity contribution is 6.32. The minimum atomic E-state index is -1.26. The van der Waals surface area contributed by atoms with Crippen LogP contribution in [-0.2, 0) is 11.2 Å². The highest BCUT2D eigenvalue weighted by Crippen LogP contribution is 2.28. The summed E-state index contributed by atoms with van der Waals surface area (Å²) in [5, 5.41) is 21.8. The average molecular weight is 360 g/mol. The number of nitriles is 1. The predicted octanol–water partition coefficient (Wildman–Crippen LogP) is 2.71. The molecule has 1 aliphatic rings. The molecule has 1 aliphatic heterocycles. The fourth-order valence-electron chi connectivity index (χ4n) is 2.83. The molecule has 0 saturated carbocycles. The third-order valence-electron chi connectivity index (χ3n) is 4.09. The molecule has 1 heterocycles. The minimum absolute atomic E-state index is 0.106. The third-order valence-corrected chi connectivity index (χ3v) is 4.40. The van der Waals surface area contributed by atoms with Crippen LogP contribution in [0.1, 0.15) is 11.1 Å². The van der Waals surface area contributed by atoms with Gasteiger partial charge in [0.2, 0.25) is 0 Å². The maximum absolute atomic E-state index is 13.2. The van der Waals surface area contributed by atoms with Crippen molar-refractivity contribution in [2.24, 2.45) is 0 Å². The van der Waals surface area contributed by atoms with Gasteiger partial charge in [0.05, 0.1) is 17.1 Å². The van der Waals surface area contributed by atoms with Gasteiger partial charge in [-0.1, -0.05) is 11.6 Å². The molecule has 0 aromatic heterocycles. The number of halogens is 2. The van der Waals surface area contributed by atoms with E-state index in [0.717, 1.165) is 11.3 Å². The summed E-state index contributed by atoms with van der Waals surface area (Å²) in [6.07, 6.45) is -0.586. The number of rotatable bonds is 4. The number of carbonyl (C=O) groups excluding carboxylic acids is 1. The van der Waals surface area contributed by atoms with Gasteiger partial charge in [-0.3, -0.25) is 4.79 Å². The van der Waals surface area contributed by atoms with Crippen LogP contribution in [0.15, 0.2) is 36.4 Å². The first-order chi connectivity index (χ1) is 12.0. The van der Waals surface area contributed by atoms with Crippen molar-refractivity contribution in [3.05, 3.63) is 58.4 Å². The molecule has 2 aromatic carbocycles. The highest BCUT2D eigenvalue weighted by Gasteiger charge is 2.25. The average Bonchev–Trinajstić information content (AvgIpc) is 2.97. The van der Waals surface area contributed by atoms with Crippen molar-refractivity contribution in [3.8, 4) is 6.07 Å². The molecule has 0 fully saturated rings. The number of carbonyl (C=O) groups is 1. The van der Waals surface area contributed by atoms with Crippen molar-refractivity contribution < 1.29 is 14.3 Å². The van der Waals surface area contributed by atoms with Crippen molar-refractivity contribution >= 4 is 28.9 Å². The summed E-state index contributed by atoms with van der Waals surface area (Å²) < 4.78 is 13.2. The quantitative estimate of drug-likeness (QED) is 0.880. The topological polar surface area (TPSA) is 76.4 Å². The van der Waals surface area contributed by atoms with Crippen LogP contribution in [0.2, 0.25) is 5.02 Å². The van der Waals surface area contributed by atoms with E-state index in [1.54, 1.807) is 12.1 Å². The number of anilines is 2. The Balaban J connectivity index is 1.64. The van der Waals surface area contributed by atoms with E-state index in [2.05, 4.69) is 5.32 Å². The van der Waals surface area contributed by atoms with Gasteiger partial charge in [0, 0.05) is 17.9 Å². The Morgan fingerprint density at radius 1 is 1.40 bits per heavy atom. The second-order valence-electron chi connectivity index (χ2n) is 5.78. The molecule has 1 atom stereocenters. The van der Waals surface area contributed by atoms with Crippen molar-refractivity contribution in [1.82, 2.24) is 0 Å². The smallest absolute Gasteiger partial charge is 0.255 e. The molecular weight excluding hydrogens is 345 g/mol. The molecule has 25 heavy (non-hydrogen) atoms. The molecule has 7 heteroatoms. The maximum atomic E-state index is 13.2. The lowest BCUT2D eigenvalue weighted by Gasteiger charge is -2.22. The molecule has 0 bridgehead atoms. The van der Waals surface area contributed by atoms with Crippen LogP contribution >= 0.6 is 11.6 Å². The molecule has 2 N–H and O–H groups in total. The lowest BCUT2D eigenvalue weighted by molar-refractivity contribution is -0.123. The van der Waals surface area contributed by atoms with Crippen LogP contribution in [-0.4, -0.2) is 30.2 Å². The number of fused-ring (bicyclic) bond motifs is 1. The van der Waals surface area contributed by atoms with Crippen molar-refractivity contribution in [1.29, 1.82) is 5.26 Å². The number of nitrogens with one attached hydrogen (secondary N) is 1. The van der Waals surface area contributed by atoms with Gasteiger partial charge in [-0.05, 0) is 48.4 Å². The van der Waals surface area contributed by atoms with Gasteiger partial charge < -0.3 is 15.3 Å². The summed E-state index contributed by atoms with van der Waals surface area (Å²) in [4.78, 5) is 14.0. The lowest BCUT2D eigenvalue weighted by Crippen LogP contribution is -2.39. The Bertz CT molecular complexity index is 866. The van der Waals surface area contributed by atoms with Gasteiger partial charge in [0.25, 0.3) is 5.91 Å². The van der Waals surface area contributed by atoms with Gasteiger partial charge in [0.1, 0.15) is 11.9 Å². The summed E-state index contributed by atoms with van der Waals surface area (Å²) in [5.74, 6) is -0.868. The molecule has 128 valence electrons. The van der Waals surface area contributed by atoms with Gasteiger partial charge >= 0.3 is 0 Å².